The van der Waals surface area contributed by atoms with E-state index in [1.165, 1.54) is 6.07 Å². The number of amides is 1. The van der Waals surface area contributed by atoms with E-state index in [9.17, 15) is 13.2 Å². The first-order chi connectivity index (χ1) is 10.8. The molecule has 0 aliphatic heterocycles. The lowest BCUT2D eigenvalue weighted by atomic mass is 10.2. The number of hydrazone groups is 1. The lowest BCUT2D eigenvalue weighted by molar-refractivity contribution is -0.119. The Labute approximate surface area is 132 Å². The van der Waals surface area contributed by atoms with Gasteiger partial charge >= 0.3 is 10.1 Å². The lowest BCUT2D eigenvalue weighted by Crippen LogP contribution is -2.25. The number of nitrogens with one attached hydrogen (secondary N) is 2. The summed E-state index contributed by atoms with van der Waals surface area (Å²) in [5.74, 6) is -0.312. The molecule has 0 atom stereocenters. The van der Waals surface area contributed by atoms with E-state index in [2.05, 4.69) is 15.8 Å². The summed E-state index contributed by atoms with van der Waals surface area (Å²) < 4.78 is 35.2. The van der Waals surface area contributed by atoms with Crippen molar-refractivity contribution in [2.45, 2.75) is 12.0 Å². The second-order valence-electron chi connectivity index (χ2n) is 4.64. The average molecular weight is 337 g/mol. The van der Waals surface area contributed by atoms with Crippen LogP contribution >= 0.6 is 0 Å². The number of benzene rings is 1. The number of nitrogens with zero attached hydrogens (tertiary/aromatic N) is 1. The minimum absolute atomic E-state index is 0.0226. The summed E-state index contributed by atoms with van der Waals surface area (Å²) >= 11 is 0. The van der Waals surface area contributed by atoms with Crippen LogP contribution in [0.4, 0.5) is 5.69 Å². The second-order valence-corrected chi connectivity index (χ2v) is 6.00. The highest BCUT2D eigenvalue weighted by Gasteiger charge is 2.13. The van der Waals surface area contributed by atoms with Crippen molar-refractivity contribution in [3.8, 4) is 0 Å². The number of hydrogen-bond donors (Lipinski definition) is 3. The van der Waals surface area contributed by atoms with Crippen molar-refractivity contribution in [2.24, 2.45) is 5.10 Å². The first kappa shape index (κ1) is 16.7. The van der Waals surface area contributed by atoms with Crippen LogP contribution in [0.1, 0.15) is 11.3 Å². The Morgan fingerprint density at radius 2 is 1.96 bits per heavy atom. The van der Waals surface area contributed by atoms with Crippen LogP contribution in [0.25, 0.3) is 0 Å². The number of anilines is 1. The van der Waals surface area contributed by atoms with Crippen molar-refractivity contribution in [2.75, 3.05) is 11.9 Å². The van der Waals surface area contributed by atoms with Crippen LogP contribution in [0, 0.1) is 6.92 Å². The molecular formula is C14H15N3O5S. The van der Waals surface area contributed by atoms with Gasteiger partial charge in [0, 0.05) is 5.69 Å². The molecule has 1 aromatic heterocycles. The molecule has 1 aromatic carbocycles. The van der Waals surface area contributed by atoms with E-state index in [1.807, 2.05) is 31.2 Å². The molecule has 122 valence electrons. The van der Waals surface area contributed by atoms with E-state index in [1.54, 1.807) is 0 Å². The molecular weight excluding hydrogens is 322 g/mol. The van der Waals surface area contributed by atoms with Crippen molar-refractivity contribution in [3.63, 3.8) is 0 Å². The highest BCUT2D eigenvalue weighted by Crippen LogP contribution is 2.11. The zero-order valence-electron chi connectivity index (χ0n) is 12.2. The summed E-state index contributed by atoms with van der Waals surface area (Å²) in [4.78, 5) is 11.6. The molecule has 23 heavy (non-hydrogen) atoms. The average Bonchev–Trinajstić information content (AvgIpc) is 2.96. The predicted molar refractivity (Wildman–Crippen MR) is 83.9 cm³/mol. The zero-order chi connectivity index (χ0) is 16.9. The van der Waals surface area contributed by atoms with E-state index in [4.69, 9.17) is 8.97 Å². The number of carbonyl (C=O) groups is 1. The third-order valence-electron chi connectivity index (χ3n) is 2.74. The molecule has 0 radical (unpaired) electrons. The SMILES string of the molecule is Cc1ccc(NCC(=O)NN=Cc2ccc(S(=O)(=O)O)o2)cc1. The van der Waals surface area contributed by atoms with Gasteiger partial charge in [0.05, 0.1) is 12.8 Å². The third kappa shape index (κ3) is 5.24. The number of rotatable bonds is 6. The van der Waals surface area contributed by atoms with Crippen LogP contribution in [0.3, 0.4) is 0 Å². The van der Waals surface area contributed by atoms with Crippen LogP contribution in [-0.2, 0) is 14.9 Å². The van der Waals surface area contributed by atoms with E-state index in [-0.39, 0.29) is 18.2 Å². The molecule has 2 rings (SSSR count). The summed E-state index contributed by atoms with van der Waals surface area (Å²) in [5.41, 5.74) is 4.18. The maximum absolute atomic E-state index is 11.6. The fraction of sp³-hybridized carbons (Fsp3) is 0.143. The van der Waals surface area contributed by atoms with Crippen LogP contribution in [0.5, 0.6) is 0 Å². The molecule has 0 aliphatic carbocycles. The highest BCUT2D eigenvalue weighted by molar-refractivity contribution is 7.85. The molecule has 2 aromatic rings. The second kappa shape index (κ2) is 7.07. The summed E-state index contributed by atoms with van der Waals surface area (Å²) in [7, 11) is -4.39. The molecule has 1 amide bonds. The zero-order valence-corrected chi connectivity index (χ0v) is 13.0. The predicted octanol–water partition coefficient (Wildman–Crippen LogP) is 1.40. The molecule has 0 spiro atoms. The van der Waals surface area contributed by atoms with Gasteiger partial charge in [-0.3, -0.25) is 9.35 Å². The summed E-state index contributed by atoms with van der Waals surface area (Å²) in [5, 5.41) is 5.96. The Bertz CT molecular complexity index is 809. The van der Waals surface area contributed by atoms with Gasteiger partial charge in [-0.1, -0.05) is 17.7 Å². The van der Waals surface area contributed by atoms with Gasteiger partial charge in [0.15, 0.2) is 0 Å². The molecule has 3 N–H and O–H groups in total. The Morgan fingerprint density at radius 1 is 1.26 bits per heavy atom. The highest BCUT2D eigenvalue weighted by atomic mass is 32.2. The first-order valence-corrected chi connectivity index (χ1v) is 7.98. The third-order valence-corrected chi connectivity index (χ3v) is 3.47. The molecule has 9 heteroatoms. The molecule has 0 aliphatic rings. The number of furan rings is 1. The van der Waals surface area contributed by atoms with Crippen molar-refractivity contribution in [1.29, 1.82) is 0 Å². The van der Waals surface area contributed by atoms with Crippen LogP contribution < -0.4 is 10.7 Å². The number of carbonyl (C=O) groups excluding carboxylic acids is 1. The van der Waals surface area contributed by atoms with E-state index in [0.29, 0.717) is 0 Å². The van der Waals surface area contributed by atoms with Crippen LogP contribution in [0.15, 0.2) is 51.0 Å². The van der Waals surface area contributed by atoms with Crippen LogP contribution in [0.2, 0.25) is 0 Å². The Balaban J connectivity index is 1.82. The minimum atomic E-state index is -4.39. The molecule has 1 heterocycles. The molecule has 0 bridgehead atoms. The first-order valence-electron chi connectivity index (χ1n) is 6.54. The fourth-order valence-electron chi connectivity index (χ4n) is 1.60. The van der Waals surface area contributed by atoms with Gasteiger partial charge in [-0.25, -0.2) is 5.43 Å². The number of aryl methyl sites for hydroxylation is 1. The molecule has 8 nitrogen and oxygen atoms in total. The number of hydrogen-bond acceptors (Lipinski definition) is 6. The van der Waals surface area contributed by atoms with Crippen LogP contribution in [-0.4, -0.2) is 31.6 Å². The van der Waals surface area contributed by atoms with Crippen molar-refractivity contribution in [1.82, 2.24) is 5.43 Å². The molecule has 0 saturated carbocycles. The summed E-state index contributed by atoms with van der Waals surface area (Å²) in [6, 6.07) is 9.92. The smallest absolute Gasteiger partial charge is 0.328 e. The van der Waals surface area contributed by atoms with Gasteiger partial charge in [0.1, 0.15) is 5.76 Å². The van der Waals surface area contributed by atoms with Gasteiger partial charge in [0.25, 0.3) is 5.91 Å². The van der Waals surface area contributed by atoms with Gasteiger partial charge < -0.3 is 9.73 Å². The van der Waals surface area contributed by atoms with Crippen molar-refractivity contribution < 1.29 is 22.2 Å². The van der Waals surface area contributed by atoms with Gasteiger partial charge in [0.2, 0.25) is 5.09 Å². The molecule has 0 saturated heterocycles. The van der Waals surface area contributed by atoms with Crippen molar-refractivity contribution in [3.05, 3.63) is 47.7 Å². The monoisotopic (exact) mass is 337 g/mol. The van der Waals surface area contributed by atoms with E-state index >= 15 is 0 Å². The molecule has 0 fully saturated rings. The normalized spacial score (nSPS) is 11.6. The summed E-state index contributed by atoms with van der Waals surface area (Å²) in [6.45, 7) is 1.99. The summed E-state index contributed by atoms with van der Waals surface area (Å²) in [6.07, 6.45) is 1.12. The Kier molecular flexibility index (Phi) is 5.14. The minimum Gasteiger partial charge on any atom is -0.441 e. The standard InChI is InChI=1S/C14H15N3O5S/c1-10-2-4-11(5-3-10)15-9-13(18)17-16-8-12-6-7-14(22-12)23(19,20)21/h2-8,15H,9H2,1H3,(H,17,18)(H,19,20,21). The van der Waals surface area contributed by atoms with Gasteiger partial charge in [-0.2, -0.15) is 13.5 Å². The quantitative estimate of drug-likeness (QED) is 0.416. The maximum Gasteiger partial charge on any atom is 0.328 e. The Morgan fingerprint density at radius 3 is 2.57 bits per heavy atom. The van der Waals surface area contributed by atoms with Gasteiger partial charge in [-0.15, -0.1) is 0 Å². The van der Waals surface area contributed by atoms with E-state index in [0.717, 1.165) is 23.5 Å². The van der Waals surface area contributed by atoms with Gasteiger partial charge in [-0.05, 0) is 31.2 Å². The lowest BCUT2D eigenvalue weighted by Gasteiger charge is -2.05. The molecule has 0 unspecified atom stereocenters. The maximum atomic E-state index is 11.6. The van der Waals surface area contributed by atoms with E-state index < -0.39 is 15.2 Å². The van der Waals surface area contributed by atoms with Crippen molar-refractivity contribution >= 4 is 27.9 Å². The topological polar surface area (TPSA) is 121 Å². The fourth-order valence-corrected chi connectivity index (χ4v) is 2.05. The largest absolute Gasteiger partial charge is 0.441 e. The Hall–Kier alpha value is -2.65.